The van der Waals surface area contributed by atoms with Gasteiger partial charge in [-0.05, 0) is 24.5 Å². The Morgan fingerprint density at radius 3 is 2.89 bits per heavy atom. The third kappa shape index (κ3) is 2.36. The Hall–Kier alpha value is -1.86. The SMILES string of the molecule is CC1CCN(C(=O)c2ccccc2C#N)CC1O. The van der Waals surface area contributed by atoms with Crippen LogP contribution in [0.25, 0.3) is 0 Å². The Bertz CT molecular complexity index is 493. The minimum absolute atomic E-state index is 0.168. The van der Waals surface area contributed by atoms with Crippen molar-refractivity contribution in [2.45, 2.75) is 19.4 Å². The molecule has 1 aromatic rings. The maximum absolute atomic E-state index is 12.3. The highest BCUT2D eigenvalue weighted by atomic mass is 16.3. The highest BCUT2D eigenvalue weighted by molar-refractivity contribution is 5.96. The molecule has 0 saturated carbocycles. The second-order valence-corrected chi connectivity index (χ2v) is 4.74. The molecule has 0 aromatic heterocycles. The number of hydrogen-bond acceptors (Lipinski definition) is 3. The van der Waals surface area contributed by atoms with Gasteiger partial charge >= 0.3 is 0 Å². The number of hydrogen-bond donors (Lipinski definition) is 1. The molecule has 1 aliphatic heterocycles. The third-order valence-corrected chi connectivity index (χ3v) is 3.48. The largest absolute Gasteiger partial charge is 0.391 e. The lowest BCUT2D eigenvalue weighted by atomic mass is 9.95. The summed E-state index contributed by atoms with van der Waals surface area (Å²) >= 11 is 0. The number of rotatable bonds is 1. The van der Waals surface area contributed by atoms with E-state index >= 15 is 0 Å². The van der Waals surface area contributed by atoms with E-state index in [0.717, 1.165) is 6.42 Å². The summed E-state index contributed by atoms with van der Waals surface area (Å²) in [6, 6.07) is 8.80. The van der Waals surface area contributed by atoms with Crippen LogP contribution in [-0.2, 0) is 0 Å². The normalized spacial score (nSPS) is 23.5. The molecule has 94 valence electrons. The maximum atomic E-state index is 12.3. The van der Waals surface area contributed by atoms with Crippen LogP contribution in [0.4, 0.5) is 0 Å². The highest BCUT2D eigenvalue weighted by Crippen LogP contribution is 2.20. The van der Waals surface area contributed by atoms with Gasteiger partial charge < -0.3 is 10.0 Å². The van der Waals surface area contributed by atoms with Crippen LogP contribution in [0.3, 0.4) is 0 Å². The molecule has 0 bridgehead atoms. The van der Waals surface area contributed by atoms with Crippen LogP contribution >= 0.6 is 0 Å². The average molecular weight is 244 g/mol. The molecule has 1 heterocycles. The molecular weight excluding hydrogens is 228 g/mol. The number of carbonyl (C=O) groups excluding carboxylic acids is 1. The van der Waals surface area contributed by atoms with Crippen molar-refractivity contribution in [2.24, 2.45) is 5.92 Å². The van der Waals surface area contributed by atoms with Crippen molar-refractivity contribution >= 4 is 5.91 Å². The molecule has 4 heteroatoms. The first-order valence-corrected chi connectivity index (χ1v) is 6.10. The first-order valence-electron chi connectivity index (χ1n) is 6.10. The smallest absolute Gasteiger partial charge is 0.255 e. The summed E-state index contributed by atoms with van der Waals surface area (Å²) < 4.78 is 0. The fraction of sp³-hybridized carbons (Fsp3) is 0.429. The molecule has 1 fully saturated rings. The van der Waals surface area contributed by atoms with Crippen molar-refractivity contribution < 1.29 is 9.90 Å². The predicted molar refractivity (Wildman–Crippen MR) is 66.8 cm³/mol. The van der Waals surface area contributed by atoms with Crippen LogP contribution in [-0.4, -0.2) is 35.1 Å². The summed E-state index contributed by atoms with van der Waals surface area (Å²) in [5, 5.41) is 18.8. The van der Waals surface area contributed by atoms with Crippen molar-refractivity contribution in [1.29, 1.82) is 5.26 Å². The Labute approximate surface area is 106 Å². The van der Waals surface area contributed by atoms with Crippen molar-refractivity contribution in [3.63, 3.8) is 0 Å². The lowest BCUT2D eigenvalue weighted by molar-refractivity contribution is 0.0248. The van der Waals surface area contributed by atoms with E-state index in [0.29, 0.717) is 24.2 Å². The van der Waals surface area contributed by atoms with Crippen LogP contribution in [0, 0.1) is 17.2 Å². The Kier molecular flexibility index (Phi) is 3.63. The van der Waals surface area contributed by atoms with Crippen molar-refractivity contribution in [1.82, 2.24) is 4.90 Å². The molecule has 18 heavy (non-hydrogen) atoms. The summed E-state index contributed by atoms with van der Waals surface area (Å²) in [6.07, 6.45) is 0.318. The van der Waals surface area contributed by atoms with Crippen LogP contribution in [0.2, 0.25) is 0 Å². The first kappa shape index (κ1) is 12.6. The van der Waals surface area contributed by atoms with Gasteiger partial charge in [0.05, 0.1) is 23.3 Å². The summed E-state index contributed by atoms with van der Waals surface area (Å²) in [4.78, 5) is 13.9. The van der Waals surface area contributed by atoms with Crippen LogP contribution < -0.4 is 0 Å². The lowest BCUT2D eigenvalue weighted by Crippen LogP contribution is -2.46. The maximum Gasteiger partial charge on any atom is 0.255 e. The second kappa shape index (κ2) is 5.19. The molecule has 1 N–H and O–H groups in total. The highest BCUT2D eigenvalue weighted by Gasteiger charge is 2.28. The minimum Gasteiger partial charge on any atom is -0.391 e. The summed E-state index contributed by atoms with van der Waals surface area (Å²) in [5.41, 5.74) is 0.803. The van der Waals surface area contributed by atoms with Gasteiger partial charge in [-0.3, -0.25) is 4.79 Å². The predicted octanol–water partition coefficient (Wildman–Crippen LogP) is 1.40. The van der Waals surface area contributed by atoms with Gasteiger partial charge in [-0.15, -0.1) is 0 Å². The molecule has 2 atom stereocenters. The molecule has 1 aromatic carbocycles. The first-order chi connectivity index (χ1) is 8.63. The Balaban J connectivity index is 2.20. The number of nitriles is 1. The van der Waals surface area contributed by atoms with E-state index in [1.807, 2.05) is 13.0 Å². The lowest BCUT2D eigenvalue weighted by Gasteiger charge is -2.34. The van der Waals surface area contributed by atoms with Gasteiger partial charge in [0.15, 0.2) is 0 Å². The fourth-order valence-electron chi connectivity index (χ4n) is 2.17. The van der Waals surface area contributed by atoms with E-state index in [4.69, 9.17) is 5.26 Å². The van der Waals surface area contributed by atoms with E-state index in [1.165, 1.54) is 0 Å². The second-order valence-electron chi connectivity index (χ2n) is 4.74. The van der Waals surface area contributed by atoms with Crippen LogP contribution in [0.1, 0.15) is 29.3 Å². The molecule has 1 amide bonds. The monoisotopic (exact) mass is 244 g/mol. The van der Waals surface area contributed by atoms with Gasteiger partial charge in [-0.2, -0.15) is 5.26 Å². The molecule has 4 nitrogen and oxygen atoms in total. The Morgan fingerprint density at radius 2 is 2.22 bits per heavy atom. The standard InChI is InChI=1S/C14H16N2O2/c1-10-6-7-16(9-13(10)17)14(18)12-5-3-2-4-11(12)8-15/h2-5,10,13,17H,6-7,9H2,1H3. The average Bonchev–Trinajstić information content (AvgIpc) is 2.41. The number of amides is 1. The number of likely N-dealkylation sites (tertiary alicyclic amines) is 1. The van der Waals surface area contributed by atoms with E-state index in [-0.39, 0.29) is 11.8 Å². The molecule has 2 rings (SSSR count). The van der Waals surface area contributed by atoms with Crippen LogP contribution in [0.15, 0.2) is 24.3 Å². The molecule has 0 spiro atoms. The van der Waals surface area contributed by atoms with Crippen molar-refractivity contribution in [3.8, 4) is 6.07 Å². The minimum atomic E-state index is -0.475. The van der Waals surface area contributed by atoms with Gasteiger partial charge in [-0.25, -0.2) is 0 Å². The van der Waals surface area contributed by atoms with Gasteiger partial charge in [0.2, 0.25) is 0 Å². The quantitative estimate of drug-likeness (QED) is 0.812. The molecule has 0 radical (unpaired) electrons. The molecule has 1 aliphatic rings. The van der Waals surface area contributed by atoms with Gasteiger partial charge in [0, 0.05) is 13.1 Å². The molecule has 1 saturated heterocycles. The van der Waals surface area contributed by atoms with Crippen LogP contribution in [0.5, 0.6) is 0 Å². The van der Waals surface area contributed by atoms with E-state index in [1.54, 1.807) is 29.2 Å². The number of carbonyl (C=O) groups is 1. The van der Waals surface area contributed by atoms with Gasteiger partial charge in [0.1, 0.15) is 0 Å². The summed E-state index contributed by atoms with van der Waals surface area (Å²) in [7, 11) is 0. The number of piperidine rings is 1. The number of β-amino-alcohol motifs (C(OH)–C–C–N with tert-alkyl or cyclic N) is 1. The molecule has 0 aliphatic carbocycles. The summed E-state index contributed by atoms with van der Waals surface area (Å²) in [5.74, 6) is 0.0540. The Morgan fingerprint density at radius 1 is 1.50 bits per heavy atom. The third-order valence-electron chi connectivity index (χ3n) is 3.48. The fourth-order valence-corrected chi connectivity index (χ4v) is 2.17. The van der Waals surface area contributed by atoms with Crippen molar-refractivity contribution in [2.75, 3.05) is 13.1 Å². The van der Waals surface area contributed by atoms with E-state index < -0.39 is 6.10 Å². The number of aliphatic hydroxyl groups excluding tert-OH is 1. The van der Waals surface area contributed by atoms with Gasteiger partial charge in [0.25, 0.3) is 5.91 Å². The molecule has 2 unspecified atom stereocenters. The van der Waals surface area contributed by atoms with Crippen molar-refractivity contribution in [3.05, 3.63) is 35.4 Å². The zero-order chi connectivity index (χ0) is 13.1. The number of benzene rings is 1. The zero-order valence-electron chi connectivity index (χ0n) is 10.3. The number of nitrogens with zero attached hydrogens (tertiary/aromatic N) is 2. The number of aliphatic hydroxyl groups is 1. The zero-order valence-corrected chi connectivity index (χ0v) is 10.3. The molecular formula is C14H16N2O2. The summed E-state index contributed by atoms with van der Waals surface area (Å²) in [6.45, 7) is 2.96. The van der Waals surface area contributed by atoms with E-state index in [9.17, 15) is 9.90 Å². The van der Waals surface area contributed by atoms with Gasteiger partial charge in [-0.1, -0.05) is 19.1 Å². The topological polar surface area (TPSA) is 64.3 Å². The van der Waals surface area contributed by atoms with E-state index in [2.05, 4.69) is 0 Å².